The number of hydrogen-bond acceptors (Lipinski definition) is 4. The standard InChI is InChI=1S/C18H21NO3/c1-19-8-7-18-11-4-5-13(20)17(18)22-16-14(21-2)6-3-10(15(16)18)9-12(11)19/h3-6,11-13,17,20H,7-9H2,1-2H3/t11-,12+,13?,17?,18-/m0/s1/i2D3,3D,6D,9D2,13D,20D. The van der Waals surface area contributed by atoms with Crippen molar-refractivity contribution in [2.45, 2.75) is 36.4 Å². The average molecular weight is 308 g/mol. The van der Waals surface area contributed by atoms with Gasteiger partial charge in [-0.15, -0.1) is 0 Å². The second-order valence-electron chi connectivity index (χ2n) is 6.41. The van der Waals surface area contributed by atoms with Crippen LogP contribution in [0.1, 0.15) is 28.5 Å². The van der Waals surface area contributed by atoms with E-state index >= 15 is 0 Å². The Balaban J connectivity index is 1.90. The topological polar surface area (TPSA) is 41.9 Å². The maximum Gasteiger partial charge on any atom is 0.211 e. The Morgan fingerprint density at radius 2 is 2.59 bits per heavy atom. The highest BCUT2D eigenvalue weighted by Crippen LogP contribution is 2.62. The van der Waals surface area contributed by atoms with Gasteiger partial charge in [0.25, 0.3) is 0 Å². The van der Waals surface area contributed by atoms with Crippen LogP contribution in [0.4, 0.5) is 0 Å². The maximum atomic E-state index is 8.95. The van der Waals surface area contributed by atoms with E-state index in [9.17, 15) is 0 Å². The molecule has 0 aromatic heterocycles. The van der Waals surface area contributed by atoms with Gasteiger partial charge in [-0.1, -0.05) is 18.2 Å². The van der Waals surface area contributed by atoms with Crippen LogP contribution in [0.5, 0.6) is 11.5 Å². The third kappa shape index (κ3) is 1.28. The summed E-state index contributed by atoms with van der Waals surface area (Å²) in [5.74, 6) is -1.07. The molecular weight excluding hydrogens is 278 g/mol. The van der Waals surface area contributed by atoms with Crippen molar-refractivity contribution in [1.82, 2.24) is 4.90 Å². The molecule has 5 rings (SSSR count). The average Bonchev–Trinajstić information content (AvgIpc) is 3.01. The summed E-state index contributed by atoms with van der Waals surface area (Å²) in [4.78, 5) is 1.87. The number of likely N-dealkylation sites (tertiary alicyclic amines) is 1. The summed E-state index contributed by atoms with van der Waals surface area (Å²) in [6.45, 7) is 0.465. The van der Waals surface area contributed by atoms with E-state index in [0.29, 0.717) is 13.0 Å². The second-order valence-corrected chi connectivity index (χ2v) is 6.41. The Bertz CT molecular complexity index is 1010. The van der Waals surface area contributed by atoms with E-state index in [0.717, 1.165) is 0 Å². The van der Waals surface area contributed by atoms with Gasteiger partial charge in [-0.05, 0) is 38.0 Å². The molecule has 2 unspecified atom stereocenters. The predicted octanol–water partition coefficient (Wildman–Crippen LogP) is 1.50. The Labute approximate surface area is 143 Å². The first kappa shape index (κ1) is 6.93. The molecular formula is C18H21NO3. The number of rotatable bonds is 2. The van der Waals surface area contributed by atoms with Crippen molar-refractivity contribution >= 4 is 0 Å². The second kappa shape index (κ2) is 4.06. The van der Waals surface area contributed by atoms with E-state index in [2.05, 4.69) is 0 Å². The molecule has 2 aliphatic heterocycles. The highest BCUT2D eigenvalue weighted by Gasteiger charge is 2.64. The van der Waals surface area contributed by atoms with E-state index in [1.165, 1.54) is 6.08 Å². The number of likely N-dealkylation sites (N-methyl/N-ethyl adjacent to an activating group) is 1. The van der Waals surface area contributed by atoms with Crippen molar-refractivity contribution in [1.29, 1.82) is 1.43 Å². The molecule has 4 heteroatoms. The number of piperidine rings is 1. The van der Waals surface area contributed by atoms with Crippen molar-refractivity contribution in [3.8, 4) is 11.5 Å². The normalized spacial score (nSPS) is 53.1. The largest absolute Gasteiger partial charge is 0.493 e. The SMILES string of the molecule is [2H]OC1([2H])C=C[C@H]2[C@@H]3N(C)CC[C@@]24c2c(c(OC([2H])([2H])[2H])c([2H])c([2H])c2C3([2H])[2H])OC14. The minimum atomic E-state index is -2.92. The van der Waals surface area contributed by atoms with Crippen molar-refractivity contribution in [2.24, 2.45) is 5.92 Å². The molecule has 1 aromatic carbocycles. The van der Waals surface area contributed by atoms with E-state index < -0.39 is 60.8 Å². The van der Waals surface area contributed by atoms with Gasteiger partial charge in [0.05, 0.1) is 15.3 Å². The molecule has 22 heavy (non-hydrogen) atoms. The molecule has 1 N–H and O–H groups in total. The number of aliphatic hydroxyl groups is 1. The molecule has 0 radical (unpaired) electrons. The van der Waals surface area contributed by atoms with Crippen LogP contribution in [0.2, 0.25) is 0 Å². The Morgan fingerprint density at radius 3 is 3.45 bits per heavy atom. The monoisotopic (exact) mass is 308 g/mol. The fourth-order valence-corrected chi connectivity index (χ4v) is 4.60. The molecule has 0 saturated carbocycles. The molecule has 116 valence electrons. The van der Waals surface area contributed by atoms with Gasteiger partial charge in [0.2, 0.25) is 1.43 Å². The van der Waals surface area contributed by atoms with Gasteiger partial charge >= 0.3 is 0 Å². The van der Waals surface area contributed by atoms with E-state index in [1.807, 2.05) is 4.90 Å². The van der Waals surface area contributed by atoms with Gasteiger partial charge in [-0.3, -0.25) is 0 Å². The lowest BCUT2D eigenvalue weighted by atomic mass is 9.53. The van der Waals surface area contributed by atoms with Crippen molar-refractivity contribution in [3.63, 3.8) is 0 Å². The minimum Gasteiger partial charge on any atom is -0.493 e. The van der Waals surface area contributed by atoms with Crippen molar-refractivity contribution in [2.75, 3.05) is 20.6 Å². The van der Waals surface area contributed by atoms with Crippen LogP contribution in [0.15, 0.2) is 24.2 Å². The summed E-state index contributed by atoms with van der Waals surface area (Å²) >= 11 is 0. The molecule has 2 bridgehead atoms. The first-order valence-electron chi connectivity index (χ1n) is 11.8. The first-order chi connectivity index (χ1) is 14.3. The van der Waals surface area contributed by atoms with E-state index in [4.69, 9.17) is 27.0 Å². The van der Waals surface area contributed by atoms with Crippen molar-refractivity contribution < 1.29 is 25.5 Å². The predicted molar refractivity (Wildman–Crippen MR) is 82.5 cm³/mol. The third-order valence-corrected chi connectivity index (χ3v) is 5.56. The van der Waals surface area contributed by atoms with Gasteiger partial charge in [0.1, 0.15) is 12.2 Å². The summed E-state index contributed by atoms with van der Waals surface area (Å²) in [7, 11) is -1.13. The van der Waals surface area contributed by atoms with Gasteiger partial charge in [0, 0.05) is 25.7 Å². The molecule has 1 saturated heterocycles. The number of nitrogens with zero attached hydrogens (tertiary/aromatic N) is 1. The van der Waals surface area contributed by atoms with Crippen LogP contribution in [0, 0.1) is 5.92 Å². The summed E-state index contributed by atoms with van der Waals surface area (Å²) in [5, 5.41) is 4.75. The zero-order chi connectivity index (χ0) is 22.7. The van der Waals surface area contributed by atoms with Gasteiger partial charge in [-0.2, -0.15) is 0 Å². The summed E-state index contributed by atoms with van der Waals surface area (Å²) < 4.78 is 84.7. The molecule has 2 aliphatic carbocycles. The molecule has 0 amide bonds. The first-order valence-corrected chi connectivity index (χ1v) is 7.37. The smallest absolute Gasteiger partial charge is 0.211 e. The van der Waals surface area contributed by atoms with Crippen LogP contribution < -0.4 is 9.47 Å². The minimum absolute atomic E-state index is 0.0386. The molecule has 4 nitrogen and oxygen atoms in total. The Morgan fingerprint density at radius 1 is 1.64 bits per heavy atom. The van der Waals surface area contributed by atoms with Crippen LogP contribution in [0.3, 0.4) is 0 Å². The van der Waals surface area contributed by atoms with Crippen LogP contribution in [0.25, 0.3) is 0 Å². The number of benzene rings is 1. The summed E-state index contributed by atoms with van der Waals surface area (Å²) in [6.07, 6.45) is -1.59. The van der Waals surface area contributed by atoms with Gasteiger partial charge < -0.3 is 19.5 Å². The third-order valence-electron chi connectivity index (χ3n) is 5.56. The highest BCUT2D eigenvalue weighted by atomic mass is 16.5. The number of hydrogen-bond donors (Lipinski definition) is 1. The fourth-order valence-electron chi connectivity index (χ4n) is 4.60. The number of ether oxygens (including phenoxy) is 2. The van der Waals surface area contributed by atoms with Gasteiger partial charge in [0.15, 0.2) is 11.5 Å². The van der Waals surface area contributed by atoms with E-state index in [-0.39, 0.29) is 16.9 Å². The molecule has 1 spiro atoms. The zero-order valence-corrected chi connectivity index (χ0v) is 12.0. The Hall–Kier alpha value is -1.52. The number of methoxy groups -OCH3 is 1. The lowest BCUT2D eigenvalue weighted by molar-refractivity contribution is -0.0453. The lowest BCUT2D eigenvalue weighted by Crippen LogP contribution is -2.64. The van der Waals surface area contributed by atoms with Crippen LogP contribution >= 0.6 is 0 Å². The maximum absolute atomic E-state index is 8.95. The molecule has 1 fully saturated rings. The Kier molecular flexibility index (Phi) is 1.28. The van der Waals surface area contributed by atoms with Crippen LogP contribution in [-0.4, -0.2) is 50.3 Å². The highest BCUT2D eigenvalue weighted by molar-refractivity contribution is 5.62. The summed E-state index contributed by atoms with van der Waals surface area (Å²) in [6, 6.07) is -1.74. The molecule has 5 atom stereocenters. The fraction of sp³-hybridized carbons (Fsp3) is 0.556. The molecule has 1 aromatic rings. The van der Waals surface area contributed by atoms with E-state index in [1.54, 1.807) is 13.1 Å². The summed E-state index contributed by atoms with van der Waals surface area (Å²) in [5.41, 5.74) is -0.778. The zero-order valence-electron chi connectivity index (χ0n) is 21.0. The lowest BCUT2D eigenvalue weighted by Gasteiger charge is -2.56. The molecule has 2 heterocycles. The van der Waals surface area contributed by atoms with Crippen molar-refractivity contribution in [3.05, 3.63) is 35.4 Å². The quantitative estimate of drug-likeness (QED) is 0.841. The van der Waals surface area contributed by atoms with Crippen LogP contribution in [-0.2, 0) is 11.8 Å². The molecule has 4 aliphatic rings. The van der Waals surface area contributed by atoms with Gasteiger partial charge in [-0.25, -0.2) is 0 Å².